The molecule has 0 aliphatic carbocycles. The van der Waals surface area contributed by atoms with Gasteiger partial charge in [0.05, 0.1) is 13.2 Å². The Kier molecular flexibility index (Phi) is 3.64. The highest BCUT2D eigenvalue weighted by atomic mass is 16.5. The van der Waals surface area contributed by atoms with Gasteiger partial charge in [0, 0.05) is 37.4 Å². The molecule has 0 bridgehead atoms. The quantitative estimate of drug-likeness (QED) is 0.866. The molecule has 4 nitrogen and oxygen atoms in total. The number of hydrogen-bond acceptors (Lipinski definition) is 4. The molecule has 1 aliphatic rings. The van der Waals surface area contributed by atoms with Gasteiger partial charge in [-0.2, -0.15) is 0 Å². The van der Waals surface area contributed by atoms with Crippen molar-refractivity contribution in [3.63, 3.8) is 0 Å². The molecule has 0 aromatic carbocycles. The summed E-state index contributed by atoms with van der Waals surface area (Å²) >= 11 is 0. The number of ether oxygens (including phenoxy) is 1. The Morgan fingerprint density at radius 2 is 2.35 bits per heavy atom. The number of pyridine rings is 1. The van der Waals surface area contributed by atoms with E-state index >= 15 is 0 Å². The Hall–Kier alpha value is -1.13. The lowest BCUT2D eigenvalue weighted by molar-refractivity contribution is -0.0552. The largest absolute Gasteiger partial charge is 0.378 e. The van der Waals surface area contributed by atoms with Crippen molar-refractivity contribution in [3.8, 4) is 0 Å². The molecule has 1 aliphatic heterocycles. The zero-order valence-electron chi connectivity index (χ0n) is 10.9. The number of nitrogens with one attached hydrogen (secondary N) is 1. The number of morpholine rings is 1. The second-order valence-corrected chi connectivity index (χ2v) is 5.05. The summed E-state index contributed by atoms with van der Waals surface area (Å²) in [5, 5.41) is 3.14. The van der Waals surface area contributed by atoms with Crippen LogP contribution in [0.2, 0.25) is 0 Å². The Labute approximate surface area is 103 Å². The van der Waals surface area contributed by atoms with Crippen molar-refractivity contribution in [1.82, 2.24) is 9.88 Å². The van der Waals surface area contributed by atoms with Gasteiger partial charge in [-0.15, -0.1) is 0 Å². The van der Waals surface area contributed by atoms with Crippen LogP contribution in [0.4, 0.5) is 5.82 Å². The average molecular weight is 235 g/mol. The third-order valence-corrected chi connectivity index (χ3v) is 3.31. The molecule has 4 heteroatoms. The summed E-state index contributed by atoms with van der Waals surface area (Å²) in [4.78, 5) is 6.79. The zero-order valence-corrected chi connectivity index (χ0v) is 10.9. The number of hydrogen-bond donors (Lipinski definition) is 1. The molecule has 0 radical (unpaired) electrons. The first kappa shape index (κ1) is 12.3. The minimum atomic E-state index is 0.0963. The minimum absolute atomic E-state index is 0.0963. The first-order valence-corrected chi connectivity index (χ1v) is 6.08. The lowest BCUT2D eigenvalue weighted by atomic mass is 10.0. The topological polar surface area (TPSA) is 37.4 Å². The zero-order chi connectivity index (χ0) is 12.3. The predicted octanol–water partition coefficient (Wildman–Crippen LogP) is 1.73. The number of rotatable bonds is 3. The standard InChI is InChI=1S/C13H21N3O/c1-13(2)10-17-8-7-16(13)9-11-5-4-6-15-12(11)14-3/h4-6H,7-10H2,1-3H3,(H,14,15). The van der Waals surface area contributed by atoms with Crippen LogP contribution in [0.3, 0.4) is 0 Å². The molecule has 0 amide bonds. The van der Waals surface area contributed by atoms with Gasteiger partial charge in [0.25, 0.3) is 0 Å². The van der Waals surface area contributed by atoms with E-state index < -0.39 is 0 Å². The molecule has 1 saturated heterocycles. The molecular weight excluding hydrogens is 214 g/mol. The van der Waals surface area contributed by atoms with Gasteiger partial charge in [0.2, 0.25) is 0 Å². The summed E-state index contributed by atoms with van der Waals surface area (Å²) in [6, 6.07) is 4.12. The summed E-state index contributed by atoms with van der Waals surface area (Å²) in [5.74, 6) is 0.967. The lowest BCUT2D eigenvalue weighted by Crippen LogP contribution is -2.52. The van der Waals surface area contributed by atoms with Gasteiger partial charge < -0.3 is 10.1 Å². The van der Waals surface area contributed by atoms with Gasteiger partial charge in [-0.25, -0.2) is 4.98 Å². The van der Waals surface area contributed by atoms with Gasteiger partial charge in [-0.1, -0.05) is 6.07 Å². The highest BCUT2D eigenvalue weighted by molar-refractivity contribution is 5.42. The third-order valence-electron chi connectivity index (χ3n) is 3.31. The van der Waals surface area contributed by atoms with Crippen molar-refractivity contribution in [3.05, 3.63) is 23.9 Å². The maximum Gasteiger partial charge on any atom is 0.130 e. The molecule has 0 saturated carbocycles. The second kappa shape index (κ2) is 5.02. The first-order chi connectivity index (χ1) is 8.13. The summed E-state index contributed by atoms with van der Waals surface area (Å²) in [5.41, 5.74) is 1.34. The Bertz CT molecular complexity index is 379. The fourth-order valence-electron chi connectivity index (χ4n) is 2.18. The van der Waals surface area contributed by atoms with Gasteiger partial charge >= 0.3 is 0 Å². The monoisotopic (exact) mass is 235 g/mol. The number of anilines is 1. The van der Waals surface area contributed by atoms with Crippen molar-refractivity contribution in [2.75, 3.05) is 32.1 Å². The summed E-state index contributed by atoms with van der Waals surface area (Å²) in [6.45, 7) is 7.95. The van der Waals surface area contributed by atoms with E-state index in [2.05, 4.69) is 35.1 Å². The third kappa shape index (κ3) is 2.76. The van der Waals surface area contributed by atoms with Crippen molar-refractivity contribution in [2.24, 2.45) is 0 Å². The summed E-state index contributed by atoms with van der Waals surface area (Å²) in [6.07, 6.45) is 1.82. The minimum Gasteiger partial charge on any atom is -0.378 e. The first-order valence-electron chi connectivity index (χ1n) is 6.08. The highest BCUT2D eigenvalue weighted by Gasteiger charge is 2.30. The van der Waals surface area contributed by atoms with E-state index in [1.165, 1.54) is 5.56 Å². The fraction of sp³-hybridized carbons (Fsp3) is 0.615. The Morgan fingerprint density at radius 3 is 3.06 bits per heavy atom. The van der Waals surface area contributed by atoms with Crippen LogP contribution in [0.15, 0.2) is 18.3 Å². The van der Waals surface area contributed by atoms with Crippen molar-refractivity contribution in [2.45, 2.75) is 25.9 Å². The summed E-state index contributed by atoms with van der Waals surface area (Å²) < 4.78 is 5.54. The highest BCUT2D eigenvalue weighted by Crippen LogP contribution is 2.23. The molecule has 2 heterocycles. The molecular formula is C13H21N3O. The molecule has 17 heavy (non-hydrogen) atoms. The van der Waals surface area contributed by atoms with E-state index in [0.29, 0.717) is 0 Å². The van der Waals surface area contributed by atoms with E-state index in [-0.39, 0.29) is 5.54 Å². The van der Waals surface area contributed by atoms with Crippen molar-refractivity contribution < 1.29 is 4.74 Å². The lowest BCUT2D eigenvalue weighted by Gasteiger charge is -2.42. The number of nitrogens with zero attached hydrogens (tertiary/aromatic N) is 2. The molecule has 0 spiro atoms. The van der Waals surface area contributed by atoms with E-state index in [1.807, 2.05) is 19.3 Å². The molecule has 1 fully saturated rings. The van der Waals surface area contributed by atoms with Crippen LogP contribution in [-0.4, -0.2) is 42.2 Å². The van der Waals surface area contributed by atoms with Crippen LogP contribution in [0, 0.1) is 0 Å². The molecule has 2 rings (SSSR count). The van der Waals surface area contributed by atoms with E-state index in [9.17, 15) is 0 Å². The molecule has 0 unspecified atom stereocenters. The van der Waals surface area contributed by atoms with Gasteiger partial charge in [0.15, 0.2) is 0 Å². The average Bonchev–Trinajstić information content (AvgIpc) is 2.32. The maximum atomic E-state index is 5.54. The molecule has 1 aromatic heterocycles. The van der Waals surface area contributed by atoms with Crippen LogP contribution in [0.5, 0.6) is 0 Å². The normalized spacial score (nSPS) is 20.2. The van der Waals surface area contributed by atoms with Crippen LogP contribution in [0.25, 0.3) is 0 Å². The van der Waals surface area contributed by atoms with Gasteiger partial charge in [-0.3, -0.25) is 4.90 Å². The van der Waals surface area contributed by atoms with Crippen LogP contribution in [0.1, 0.15) is 19.4 Å². The molecule has 0 atom stereocenters. The SMILES string of the molecule is CNc1ncccc1CN1CCOCC1(C)C. The molecule has 94 valence electrons. The van der Waals surface area contributed by atoms with E-state index in [0.717, 1.165) is 32.1 Å². The predicted molar refractivity (Wildman–Crippen MR) is 69.1 cm³/mol. The fourth-order valence-corrected chi connectivity index (χ4v) is 2.18. The van der Waals surface area contributed by atoms with Crippen molar-refractivity contribution >= 4 is 5.82 Å². The molecule has 1 N–H and O–H groups in total. The van der Waals surface area contributed by atoms with Gasteiger partial charge in [0.1, 0.15) is 5.82 Å². The van der Waals surface area contributed by atoms with E-state index in [1.54, 1.807) is 0 Å². The number of aromatic nitrogens is 1. The van der Waals surface area contributed by atoms with Crippen LogP contribution < -0.4 is 5.32 Å². The van der Waals surface area contributed by atoms with Crippen molar-refractivity contribution in [1.29, 1.82) is 0 Å². The molecule has 1 aromatic rings. The Morgan fingerprint density at radius 1 is 1.53 bits per heavy atom. The smallest absolute Gasteiger partial charge is 0.130 e. The van der Waals surface area contributed by atoms with E-state index in [4.69, 9.17) is 4.74 Å². The Balaban J connectivity index is 2.14. The maximum absolute atomic E-state index is 5.54. The van der Waals surface area contributed by atoms with Crippen LogP contribution in [-0.2, 0) is 11.3 Å². The second-order valence-electron chi connectivity index (χ2n) is 5.05. The van der Waals surface area contributed by atoms with Crippen LogP contribution >= 0.6 is 0 Å². The summed E-state index contributed by atoms with van der Waals surface area (Å²) in [7, 11) is 1.91. The van der Waals surface area contributed by atoms with Gasteiger partial charge in [-0.05, 0) is 19.9 Å².